The van der Waals surface area contributed by atoms with E-state index in [0.29, 0.717) is 17.3 Å². The number of urea groups is 1. The Hall–Kier alpha value is -3.83. The number of amides is 3. The minimum atomic E-state index is -0.494. The Morgan fingerprint density at radius 2 is 1.75 bits per heavy atom. The summed E-state index contributed by atoms with van der Waals surface area (Å²) in [5.74, 6) is -0.410. The van der Waals surface area contributed by atoms with Crippen LogP contribution in [0.2, 0.25) is 5.02 Å². The summed E-state index contributed by atoms with van der Waals surface area (Å²) in [4.78, 5) is 26.7. The topological polar surface area (TPSA) is 54.3 Å². The molecule has 3 amide bonds. The van der Waals surface area contributed by atoms with Crippen LogP contribution in [0, 0.1) is 6.92 Å². The van der Waals surface area contributed by atoms with Crippen molar-refractivity contribution < 1.29 is 9.59 Å². The van der Waals surface area contributed by atoms with Crippen LogP contribution in [-0.4, -0.2) is 16.5 Å². The van der Waals surface area contributed by atoms with Gasteiger partial charge in [-0.2, -0.15) is 0 Å². The van der Waals surface area contributed by atoms with Gasteiger partial charge in [0.1, 0.15) is 5.70 Å². The van der Waals surface area contributed by atoms with Gasteiger partial charge in [-0.25, -0.2) is 9.69 Å². The average molecular weight is 442 g/mol. The second-order valence-corrected chi connectivity index (χ2v) is 8.26. The number of nitrogens with zero attached hydrogens (tertiary/aromatic N) is 2. The van der Waals surface area contributed by atoms with E-state index < -0.39 is 11.9 Å². The Kier molecular flexibility index (Phi) is 5.04. The number of carbonyl (C=O) groups is 2. The third kappa shape index (κ3) is 3.67. The van der Waals surface area contributed by atoms with Gasteiger partial charge in [-0.15, -0.1) is 0 Å². The molecule has 1 N–H and O–H groups in total. The molecule has 5 rings (SSSR count). The molecule has 2 heterocycles. The lowest BCUT2D eigenvalue weighted by Crippen LogP contribution is -2.30. The lowest BCUT2D eigenvalue weighted by atomic mass is 10.1. The zero-order valence-electron chi connectivity index (χ0n) is 17.4. The maximum absolute atomic E-state index is 13.0. The summed E-state index contributed by atoms with van der Waals surface area (Å²) in [7, 11) is 0. The quantitative estimate of drug-likeness (QED) is 0.324. The van der Waals surface area contributed by atoms with Gasteiger partial charge >= 0.3 is 6.03 Å². The molecule has 0 spiro atoms. The highest BCUT2D eigenvalue weighted by molar-refractivity contribution is 6.32. The first kappa shape index (κ1) is 20.1. The summed E-state index contributed by atoms with van der Waals surface area (Å²) in [5, 5.41) is 4.16. The molecular weight excluding hydrogens is 422 g/mol. The van der Waals surface area contributed by atoms with E-state index in [4.69, 9.17) is 11.6 Å². The average Bonchev–Trinajstić information content (AvgIpc) is 3.26. The second kappa shape index (κ2) is 8.02. The van der Waals surface area contributed by atoms with Gasteiger partial charge in [0.05, 0.1) is 5.69 Å². The van der Waals surface area contributed by atoms with Crippen LogP contribution in [0.3, 0.4) is 0 Å². The van der Waals surface area contributed by atoms with Gasteiger partial charge in [-0.1, -0.05) is 65.7 Å². The first-order chi connectivity index (χ1) is 15.5. The monoisotopic (exact) mass is 441 g/mol. The maximum atomic E-state index is 13.0. The SMILES string of the molecule is Cc1ccc(Cn2cc(/C=C3/NC(=O)N(c4cccc(Cl)c4)C3=O)c3ccccc32)cc1. The van der Waals surface area contributed by atoms with Crippen LogP contribution in [0.5, 0.6) is 0 Å². The van der Waals surface area contributed by atoms with E-state index >= 15 is 0 Å². The fraction of sp³-hybridized carbons (Fsp3) is 0.0769. The fourth-order valence-electron chi connectivity index (χ4n) is 3.95. The molecule has 0 aliphatic carbocycles. The van der Waals surface area contributed by atoms with Gasteiger partial charge < -0.3 is 9.88 Å². The lowest BCUT2D eigenvalue weighted by Gasteiger charge is -2.11. The molecule has 0 radical (unpaired) electrons. The predicted molar refractivity (Wildman–Crippen MR) is 128 cm³/mol. The van der Waals surface area contributed by atoms with Crippen LogP contribution in [0.15, 0.2) is 84.7 Å². The highest BCUT2D eigenvalue weighted by Gasteiger charge is 2.35. The number of fused-ring (bicyclic) bond motifs is 1. The molecular formula is C26H20ClN3O2. The van der Waals surface area contributed by atoms with E-state index in [1.54, 1.807) is 30.3 Å². The number of carbonyl (C=O) groups excluding carboxylic acids is 2. The minimum absolute atomic E-state index is 0.230. The number of hydrogen-bond donors (Lipinski definition) is 1. The molecule has 1 aliphatic heterocycles. The van der Waals surface area contributed by atoms with Gasteiger partial charge in [0, 0.05) is 34.2 Å². The van der Waals surface area contributed by atoms with Gasteiger partial charge in [0.2, 0.25) is 0 Å². The number of benzene rings is 3. The van der Waals surface area contributed by atoms with Crippen molar-refractivity contribution in [3.8, 4) is 0 Å². The van der Waals surface area contributed by atoms with Crippen molar-refractivity contribution in [1.29, 1.82) is 0 Å². The van der Waals surface area contributed by atoms with Crippen LogP contribution in [-0.2, 0) is 11.3 Å². The molecule has 0 bridgehead atoms. The first-order valence-electron chi connectivity index (χ1n) is 10.3. The summed E-state index contributed by atoms with van der Waals surface area (Å²) < 4.78 is 2.16. The number of nitrogens with one attached hydrogen (secondary N) is 1. The summed E-state index contributed by atoms with van der Waals surface area (Å²) >= 11 is 6.04. The van der Waals surface area contributed by atoms with E-state index in [1.165, 1.54) is 11.1 Å². The van der Waals surface area contributed by atoms with Crippen LogP contribution < -0.4 is 10.2 Å². The molecule has 32 heavy (non-hydrogen) atoms. The molecule has 1 fully saturated rings. The van der Waals surface area contributed by atoms with Crippen LogP contribution in [0.1, 0.15) is 16.7 Å². The van der Waals surface area contributed by atoms with Crippen molar-refractivity contribution in [1.82, 2.24) is 9.88 Å². The molecule has 158 valence electrons. The lowest BCUT2D eigenvalue weighted by molar-refractivity contribution is -0.113. The number of aryl methyl sites for hydroxylation is 1. The molecule has 0 unspecified atom stereocenters. The zero-order valence-corrected chi connectivity index (χ0v) is 18.1. The molecule has 1 aromatic heterocycles. The first-order valence-corrected chi connectivity index (χ1v) is 10.6. The number of hydrogen-bond acceptors (Lipinski definition) is 2. The third-order valence-corrected chi connectivity index (χ3v) is 5.77. The second-order valence-electron chi connectivity index (χ2n) is 7.82. The standard InChI is InChI=1S/C26H20ClN3O2/c1-17-9-11-18(12-10-17)15-29-16-19(22-7-2-3-8-24(22)29)13-23-25(31)30(26(32)28-23)21-6-4-5-20(27)14-21/h2-14,16H,15H2,1H3,(H,28,32)/b23-13+. The maximum Gasteiger partial charge on any atom is 0.333 e. The minimum Gasteiger partial charge on any atom is -0.342 e. The molecule has 1 aliphatic rings. The normalized spacial score (nSPS) is 15.1. The Balaban J connectivity index is 1.52. The van der Waals surface area contributed by atoms with E-state index in [9.17, 15) is 9.59 Å². The smallest absolute Gasteiger partial charge is 0.333 e. The Bertz CT molecular complexity index is 1390. The number of anilines is 1. The molecule has 0 atom stereocenters. The molecule has 1 saturated heterocycles. The Labute approximate surface area is 190 Å². The van der Waals surface area contributed by atoms with Crippen LogP contribution in [0.25, 0.3) is 17.0 Å². The van der Waals surface area contributed by atoms with Crippen molar-refractivity contribution in [3.63, 3.8) is 0 Å². The summed E-state index contributed by atoms with van der Waals surface area (Å²) in [6.45, 7) is 2.78. The number of rotatable bonds is 4. The van der Waals surface area contributed by atoms with Crippen molar-refractivity contribution in [2.75, 3.05) is 4.90 Å². The summed E-state index contributed by atoms with van der Waals surface area (Å²) in [6.07, 6.45) is 3.75. The van der Waals surface area contributed by atoms with Gasteiger partial charge in [0.15, 0.2) is 0 Å². The highest BCUT2D eigenvalue weighted by Crippen LogP contribution is 2.28. The molecule has 4 aromatic rings. The number of aromatic nitrogens is 1. The molecule has 5 nitrogen and oxygen atoms in total. The van der Waals surface area contributed by atoms with Crippen molar-refractivity contribution in [2.45, 2.75) is 13.5 Å². The number of para-hydroxylation sites is 1. The molecule has 0 saturated carbocycles. The Morgan fingerprint density at radius 1 is 0.969 bits per heavy atom. The molecule has 3 aromatic carbocycles. The number of halogens is 1. The van der Waals surface area contributed by atoms with Crippen molar-refractivity contribution in [2.24, 2.45) is 0 Å². The van der Waals surface area contributed by atoms with Gasteiger partial charge in [-0.05, 0) is 42.8 Å². The van der Waals surface area contributed by atoms with E-state index in [0.717, 1.165) is 21.4 Å². The predicted octanol–water partition coefficient (Wildman–Crippen LogP) is 5.75. The summed E-state index contributed by atoms with van der Waals surface area (Å²) in [5.41, 5.74) is 5.00. The summed E-state index contributed by atoms with van der Waals surface area (Å²) in [6, 6.07) is 22.6. The fourth-order valence-corrected chi connectivity index (χ4v) is 4.14. The van der Waals surface area contributed by atoms with Crippen LogP contribution in [0.4, 0.5) is 10.5 Å². The number of imide groups is 1. The van der Waals surface area contributed by atoms with Crippen LogP contribution >= 0.6 is 11.6 Å². The van der Waals surface area contributed by atoms with E-state index in [-0.39, 0.29) is 5.70 Å². The van der Waals surface area contributed by atoms with Gasteiger partial charge in [-0.3, -0.25) is 4.79 Å². The Morgan fingerprint density at radius 3 is 2.53 bits per heavy atom. The van der Waals surface area contributed by atoms with E-state index in [1.807, 2.05) is 24.4 Å². The molecule has 6 heteroatoms. The highest BCUT2D eigenvalue weighted by atomic mass is 35.5. The van der Waals surface area contributed by atoms with Crippen molar-refractivity contribution >= 4 is 46.2 Å². The van der Waals surface area contributed by atoms with Gasteiger partial charge in [0.25, 0.3) is 5.91 Å². The zero-order chi connectivity index (χ0) is 22.2. The third-order valence-electron chi connectivity index (χ3n) is 5.54. The van der Waals surface area contributed by atoms with Crippen molar-refractivity contribution in [3.05, 3.63) is 106 Å². The van der Waals surface area contributed by atoms with E-state index in [2.05, 4.69) is 47.1 Å². The largest absolute Gasteiger partial charge is 0.342 e.